The second-order valence-corrected chi connectivity index (χ2v) is 8.23. The van der Waals surface area contributed by atoms with Gasteiger partial charge in [-0.1, -0.05) is 11.6 Å². The van der Waals surface area contributed by atoms with Crippen LogP contribution in [0.5, 0.6) is 5.75 Å². The topological polar surface area (TPSA) is 90.1 Å². The van der Waals surface area contributed by atoms with Gasteiger partial charge in [-0.25, -0.2) is 9.79 Å². The molecule has 2 heterocycles. The van der Waals surface area contributed by atoms with E-state index in [1.807, 2.05) is 0 Å². The predicted octanol–water partition coefficient (Wildman–Crippen LogP) is 5.68. The SMILES string of the molecule is CCOC(=O)c1cc(-c2ccc(/C=C3\SC(=Nc4ccc(OC)cc4)NC3=O)o2)ccc1Cl. The van der Waals surface area contributed by atoms with Crippen LogP contribution < -0.4 is 10.1 Å². The Morgan fingerprint density at radius 3 is 2.70 bits per heavy atom. The quantitative estimate of drug-likeness (QED) is 0.359. The lowest BCUT2D eigenvalue weighted by Gasteiger charge is -2.05. The van der Waals surface area contributed by atoms with Gasteiger partial charge in [0, 0.05) is 11.6 Å². The Kier molecular flexibility index (Phi) is 6.86. The number of esters is 1. The van der Waals surface area contributed by atoms with Crippen LogP contribution in [-0.2, 0) is 9.53 Å². The van der Waals surface area contributed by atoms with Crippen molar-refractivity contribution in [2.24, 2.45) is 4.99 Å². The van der Waals surface area contributed by atoms with Crippen LogP contribution in [-0.4, -0.2) is 30.8 Å². The van der Waals surface area contributed by atoms with E-state index in [4.69, 9.17) is 25.5 Å². The average Bonchev–Trinajstić information content (AvgIpc) is 3.41. The number of thioether (sulfide) groups is 1. The molecule has 1 saturated heterocycles. The lowest BCUT2D eigenvalue weighted by atomic mass is 10.1. The number of amidine groups is 1. The fourth-order valence-corrected chi connectivity index (χ4v) is 4.03. The molecule has 0 aliphatic carbocycles. The van der Waals surface area contributed by atoms with Crippen LogP contribution in [0.2, 0.25) is 5.02 Å². The third kappa shape index (κ3) is 5.30. The largest absolute Gasteiger partial charge is 0.497 e. The zero-order valence-electron chi connectivity index (χ0n) is 17.8. The minimum atomic E-state index is -0.499. The fourth-order valence-electron chi connectivity index (χ4n) is 3.01. The summed E-state index contributed by atoms with van der Waals surface area (Å²) in [7, 11) is 1.59. The lowest BCUT2D eigenvalue weighted by Crippen LogP contribution is -2.19. The number of ether oxygens (including phenoxy) is 2. The van der Waals surface area contributed by atoms with Gasteiger partial charge in [0.25, 0.3) is 5.91 Å². The summed E-state index contributed by atoms with van der Waals surface area (Å²) in [5.41, 5.74) is 1.62. The number of hydrogen-bond donors (Lipinski definition) is 1. The third-order valence-corrected chi connectivity index (χ3v) is 5.84. The maximum atomic E-state index is 12.4. The molecule has 0 atom stereocenters. The molecule has 168 valence electrons. The number of furan rings is 1. The van der Waals surface area contributed by atoms with E-state index in [9.17, 15) is 9.59 Å². The molecule has 3 aromatic rings. The number of halogens is 1. The number of rotatable bonds is 6. The van der Waals surface area contributed by atoms with Crippen molar-refractivity contribution in [1.29, 1.82) is 0 Å². The molecule has 33 heavy (non-hydrogen) atoms. The van der Waals surface area contributed by atoms with Crippen molar-refractivity contribution in [3.05, 3.63) is 75.8 Å². The van der Waals surface area contributed by atoms with Gasteiger partial charge in [-0.05, 0) is 73.3 Å². The molecule has 2 aromatic carbocycles. The number of benzene rings is 2. The number of nitrogens with one attached hydrogen (secondary N) is 1. The van der Waals surface area contributed by atoms with Crippen molar-refractivity contribution in [1.82, 2.24) is 5.32 Å². The molecule has 0 spiro atoms. The highest BCUT2D eigenvalue weighted by molar-refractivity contribution is 8.18. The van der Waals surface area contributed by atoms with Crippen molar-refractivity contribution in [2.45, 2.75) is 6.92 Å². The first-order chi connectivity index (χ1) is 16.0. The normalized spacial score (nSPS) is 15.7. The Balaban J connectivity index is 1.52. The molecule has 0 bridgehead atoms. The fraction of sp³-hybridized carbons (Fsp3) is 0.125. The summed E-state index contributed by atoms with van der Waals surface area (Å²) in [4.78, 5) is 29.4. The summed E-state index contributed by atoms with van der Waals surface area (Å²) >= 11 is 7.35. The van der Waals surface area contributed by atoms with Crippen LogP contribution in [0.25, 0.3) is 17.4 Å². The predicted molar refractivity (Wildman–Crippen MR) is 129 cm³/mol. The molecule has 0 unspecified atom stereocenters. The van der Waals surface area contributed by atoms with E-state index in [-0.39, 0.29) is 18.1 Å². The number of amides is 1. The number of hydrogen-bond acceptors (Lipinski definition) is 7. The zero-order chi connectivity index (χ0) is 23.4. The molecule has 1 N–H and O–H groups in total. The number of carbonyl (C=O) groups excluding carboxylic acids is 2. The van der Waals surface area contributed by atoms with Crippen LogP contribution in [0, 0.1) is 0 Å². The molecule has 1 aromatic heterocycles. The van der Waals surface area contributed by atoms with E-state index in [2.05, 4.69) is 10.3 Å². The van der Waals surface area contributed by atoms with E-state index in [1.165, 1.54) is 11.8 Å². The van der Waals surface area contributed by atoms with Gasteiger partial charge in [-0.3, -0.25) is 4.79 Å². The van der Waals surface area contributed by atoms with Gasteiger partial charge in [0.1, 0.15) is 17.3 Å². The van der Waals surface area contributed by atoms with Gasteiger partial charge in [-0.15, -0.1) is 0 Å². The summed E-state index contributed by atoms with van der Waals surface area (Å²) in [6.07, 6.45) is 1.64. The standard InChI is InChI=1S/C24H19ClN2O5S/c1-3-31-23(29)18-12-14(4-10-19(18)25)20-11-9-17(32-20)13-21-22(28)27-24(33-21)26-15-5-7-16(30-2)8-6-15/h4-13H,3H2,1-2H3,(H,26,27,28)/b21-13-. The molecule has 1 fully saturated rings. The van der Waals surface area contributed by atoms with E-state index in [1.54, 1.807) is 74.7 Å². The minimum absolute atomic E-state index is 0.251. The van der Waals surface area contributed by atoms with Crippen molar-refractivity contribution < 1.29 is 23.5 Å². The van der Waals surface area contributed by atoms with Crippen LogP contribution >= 0.6 is 23.4 Å². The van der Waals surface area contributed by atoms with Gasteiger partial charge in [-0.2, -0.15) is 0 Å². The first-order valence-electron chi connectivity index (χ1n) is 9.97. The molecule has 4 rings (SSSR count). The zero-order valence-corrected chi connectivity index (χ0v) is 19.3. The molecule has 0 saturated carbocycles. The Labute approximate surface area is 199 Å². The van der Waals surface area contributed by atoms with Crippen molar-refractivity contribution in [3.63, 3.8) is 0 Å². The highest BCUT2D eigenvalue weighted by atomic mass is 35.5. The second-order valence-electron chi connectivity index (χ2n) is 6.80. The Bertz CT molecular complexity index is 1260. The maximum absolute atomic E-state index is 12.4. The van der Waals surface area contributed by atoms with Crippen LogP contribution in [0.15, 0.2) is 68.9 Å². The second kappa shape index (κ2) is 9.97. The first kappa shape index (κ1) is 22.7. The van der Waals surface area contributed by atoms with Crippen molar-refractivity contribution in [2.75, 3.05) is 13.7 Å². The molecule has 7 nitrogen and oxygen atoms in total. The highest BCUT2D eigenvalue weighted by Crippen LogP contribution is 2.31. The van der Waals surface area contributed by atoms with E-state index in [0.717, 1.165) is 5.75 Å². The molecule has 0 radical (unpaired) electrons. The maximum Gasteiger partial charge on any atom is 0.339 e. The Morgan fingerprint density at radius 2 is 1.97 bits per heavy atom. The van der Waals surface area contributed by atoms with Gasteiger partial charge in [0.05, 0.1) is 34.9 Å². The van der Waals surface area contributed by atoms with E-state index >= 15 is 0 Å². The molecule has 1 aliphatic heterocycles. The Hall–Kier alpha value is -3.49. The number of nitrogens with zero attached hydrogens (tertiary/aromatic N) is 1. The molecule has 9 heteroatoms. The van der Waals surface area contributed by atoms with Crippen LogP contribution in [0.4, 0.5) is 5.69 Å². The van der Waals surface area contributed by atoms with Gasteiger partial charge in [0.15, 0.2) is 5.17 Å². The summed E-state index contributed by atoms with van der Waals surface area (Å²) in [6, 6.07) is 15.7. The van der Waals surface area contributed by atoms with Crippen LogP contribution in [0.1, 0.15) is 23.0 Å². The summed E-state index contributed by atoms with van der Waals surface area (Å²) in [5.74, 6) is 0.981. The lowest BCUT2D eigenvalue weighted by molar-refractivity contribution is -0.115. The van der Waals surface area contributed by atoms with E-state index in [0.29, 0.717) is 37.9 Å². The molecule has 1 amide bonds. The van der Waals surface area contributed by atoms with Gasteiger partial charge >= 0.3 is 5.97 Å². The smallest absolute Gasteiger partial charge is 0.339 e. The summed E-state index contributed by atoms with van der Waals surface area (Å²) in [6.45, 7) is 1.98. The van der Waals surface area contributed by atoms with Gasteiger partial charge in [0.2, 0.25) is 0 Å². The van der Waals surface area contributed by atoms with Crippen molar-refractivity contribution in [3.8, 4) is 17.1 Å². The van der Waals surface area contributed by atoms with Gasteiger partial charge < -0.3 is 19.2 Å². The molecular weight excluding hydrogens is 464 g/mol. The number of carbonyl (C=O) groups is 2. The first-order valence-corrected chi connectivity index (χ1v) is 11.2. The summed E-state index contributed by atoms with van der Waals surface area (Å²) < 4.78 is 16.1. The summed E-state index contributed by atoms with van der Waals surface area (Å²) in [5, 5.41) is 3.52. The highest BCUT2D eigenvalue weighted by Gasteiger charge is 2.24. The molecular formula is C24H19ClN2O5S. The minimum Gasteiger partial charge on any atom is -0.497 e. The number of aliphatic imine (C=N–C) groups is 1. The Morgan fingerprint density at radius 1 is 1.18 bits per heavy atom. The van der Waals surface area contributed by atoms with Crippen LogP contribution in [0.3, 0.4) is 0 Å². The van der Waals surface area contributed by atoms with Crippen molar-refractivity contribution >= 4 is 52.2 Å². The number of methoxy groups -OCH3 is 1. The third-order valence-electron chi connectivity index (χ3n) is 4.60. The monoisotopic (exact) mass is 482 g/mol. The average molecular weight is 483 g/mol. The van der Waals surface area contributed by atoms with E-state index < -0.39 is 5.97 Å². The molecule has 1 aliphatic rings.